The van der Waals surface area contributed by atoms with Gasteiger partial charge in [0.05, 0.1) is 17.6 Å². The molecule has 8 heteroatoms. The van der Waals surface area contributed by atoms with Crippen molar-refractivity contribution in [3.63, 3.8) is 0 Å². The standard InChI is InChI=1S/C26H22F2N4O2/c27-20-11-10-19(16-21(20)28)25(33)31-14-12-30(13-15-31)24-26(34)32(17-18-6-2-1-3-7-18)23-9-5-4-8-22(23)29-24/h1-11,16H,12-15,17H2. The molecule has 5 rings (SSSR count). The summed E-state index contributed by atoms with van der Waals surface area (Å²) >= 11 is 0. The van der Waals surface area contributed by atoms with Crippen LogP contribution < -0.4 is 10.5 Å². The number of hydrogen-bond acceptors (Lipinski definition) is 4. The van der Waals surface area contributed by atoms with E-state index in [2.05, 4.69) is 4.98 Å². The number of halogens is 2. The molecule has 1 saturated heterocycles. The van der Waals surface area contributed by atoms with Gasteiger partial charge in [0.2, 0.25) is 0 Å². The van der Waals surface area contributed by atoms with E-state index in [9.17, 15) is 18.4 Å². The smallest absolute Gasteiger partial charge is 0.294 e. The van der Waals surface area contributed by atoms with Crippen LogP contribution in [0, 0.1) is 11.6 Å². The van der Waals surface area contributed by atoms with Crippen LogP contribution in [0.4, 0.5) is 14.6 Å². The van der Waals surface area contributed by atoms with Crippen molar-refractivity contribution in [3.8, 4) is 0 Å². The highest BCUT2D eigenvalue weighted by atomic mass is 19.2. The Morgan fingerprint density at radius 1 is 0.853 bits per heavy atom. The molecule has 0 N–H and O–H groups in total. The van der Waals surface area contributed by atoms with E-state index in [-0.39, 0.29) is 17.0 Å². The molecule has 0 spiro atoms. The number of amides is 1. The Hall–Kier alpha value is -4.07. The molecule has 6 nitrogen and oxygen atoms in total. The third-order valence-corrected chi connectivity index (χ3v) is 6.05. The number of nitrogens with zero attached hydrogens (tertiary/aromatic N) is 4. The van der Waals surface area contributed by atoms with Crippen molar-refractivity contribution >= 4 is 22.8 Å². The number of aromatic nitrogens is 2. The molecule has 4 aromatic rings. The SMILES string of the molecule is O=C(c1ccc(F)c(F)c1)N1CCN(c2nc3ccccc3n(Cc3ccccc3)c2=O)CC1. The van der Waals surface area contributed by atoms with Crippen LogP contribution >= 0.6 is 0 Å². The maximum Gasteiger partial charge on any atom is 0.294 e. The van der Waals surface area contributed by atoms with E-state index in [0.29, 0.717) is 44.1 Å². The second kappa shape index (κ2) is 9.05. The predicted octanol–water partition coefficient (Wildman–Crippen LogP) is 3.69. The zero-order valence-electron chi connectivity index (χ0n) is 18.3. The summed E-state index contributed by atoms with van der Waals surface area (Å²) < 4.78 is 28.5. The zero-order valence-corrected chi connectivity index (χ0v) is 18.3. The number of piperazine rings is 1. The zero-order chi connectivity index (χ0) is 23.7. The first-order valence-corrected chi connectivity index (χ1v) is 11.0. The summed E-state index contributed by atoms with van der Waals surface area (Å²) in [5.74, 6) is -2.07. The Kier molecular flexibility index (Phi) is 5.79. The van der Waals surface area contributed by atoms with Gasteiger partial charge in [0.1, 0.15) is 0 Å². The number of para-hydroxylation sites is 2. The van der Waals surface area contributed by atoms with Gasteiger partial charge in [-0.2, -0.15) is 0 Å². The molecular weight excluding hydrogens is 438 g/mol. The maximum absolute atomic E-state index is 13.6. The Bertz CT molecular complexity index is 1410. The monoisotopic (exact) mass is 460 g/mol. The molecular formula is C26H22F2N4O2. The second-order valence-corrected chi connectivity index (χ2v) is 8.21. The lowest BCUT2D eigenvalue weighted by Gasteiger charge is -2.35. The minimum absolute atomic E-state index is 0.0985. The first-order valence-electron chi connectivity index (χ1n) is 11.0. The summed E-state index contributed by atoms with van der Waals surface area (Å²) in [4.78, 5) is 34.3. The molecule has 0 radical (unpaired) electrons. The number of carbonyl (C=O) groups excluding carboxylic acids is 1. The molecule has 34 heavy (non-hydrogen) atoms. The van der Waals surface area contributed by atoms with E-state index in [1.54, 1.807) is 9.47 Å². The van der Waals surface area contributed by atoms with Crippen LogP contribution in [-0.4, -0.2) is 46.5 Å². The summed E-state index contributed by atoms with van der Waals surface area (Å²) in [6.07, 6.45) is 0. The molecule has 3 aromatic carbocycles. The molecule has 172 valence electrons. The lowest BCUT2D eigenvalue weighted by molar-refractivity contribution is 0.0746. The van der Waals surface area contributed by atoms with Gasteiger partial charge in [-0.25, -0.2) is 13.8 Å². The van der Waals surface area contributed by atoms with Crippen molar-refractivity contribution < 1.29 is 13.6 Å². The average Bonchev–Trinajstić information content (AvgIpc) is 2.87. The van der Waals surface area contributed by atoms with Gasteiger partial charge in [-0.1, -0.05) is 42.5 Å². The van der Waals surface area contributed by atoms with Crippen LogP contribution in [0.5, 0.6) is 0 Å². The number of carbonyl (C=O) groups is 1. The van der Waals surface area contributed by atoms with Gasteiger partial charge in [0.25, 0.3) is 11.5 Å². The number of rotatable bonds is 4. The summed E-state index contributed by atoms with van der Waals surface area (Å²) in [6.45, 7) is 1.90. The molecule has 0 atom stereocenters. The van der Waals surface area contributed by atoms with Crippen molar-refractivity contribution in [2.45, 2.75) is 6.54 Å². The molecule has 1 aliphatic rings. The van der Waals surface area contributed by atoms with Crippen LogP contribution in [0.15, 0.2) is 77.6 Å². The summed E-state index contributed by atoms with van der Waals surface area (Å²) in [5.41, 5.74) is 2.39. The number of hydrogen-bond donors (Lipinski definition) is 0. The largest absolute Gasteiger partial charge is 0.348 e. The van der Waals surface area contributed by atoms with E-state index in [1.807, 2.05) is 59.5 Å². The van der Waals surface area contributed by atoms with Crippen molar-refractivity contribution in [2.24, 2.45) is 0 Å². The quantitative estimate of drug-likeness (QED) is 0.466. The van der Waals surface area contributed by atoms with Gasteiger partial charge in [-0.05, 0) is 35.9 Å². The van der Waals surface area contributed by atoms with Gasteiger partial charge >= 0.3 is 0 Å². The fourth-order valence-electron chi connectivity index (χ4n) is 4.24. The Morgan fingerprint density at radius 3 is 2.29 bits per heavy atom. The predicted molar refractivity (Wildman–Crippen MR) is 126 cm³/mol. The van der Waals surface area contributed by atoms with Gasteiger partial charge in [-0.15, -0.1) is 0 Å². The second-order valence-electron chi connectivity index (χ2n) is 8.21. The highest BCUT2D eigenvalue weighted by Crippen LogP contribution is 2.18. The third kappa shape index (κ3) is 4.14. The van der Waals surface area contributed by atoms with Crippen LogP contribution in [-0.2, 0) is 6.54 Å². The minimum Gasteiger partial charge on any atom is -0.348 e. The summed E-state index contributed by atoms with van der Waals surface area (Å²) in [6, 6.07) is 20.4. The lowest BCUT2D eigenvalue weighted by Crippen LogP contribution is -2.50. The van der Waals surface area contributed by atoms with Crippen LogP contribution in [0.2, 0.25) is 0 Å². The lowest BCUT2D eigenvalue weighted by atomic mass is 10.1. The van der Waals surface area contributed by atoms with Gasteiger partial charge in [0.15, 0.2) is 17.5 Å². The van der Waals surface area contributed by atoms with Crippen molar-refractivity contribution in [2.75, 3.05) is 31.1 Å². The van der Waals surface area contributed by atoms with Gasteiger partial charge in [0, 0.05) is 31.7 Å². The van der Waals surface area contributed by atoms with Crippen molar-refractivity contribution in [1.29, 1.82) is 0 Å². The highest BCUT2D eigenvalue weighted by Gasteiger charge is 2.26. The first-order chi connectivity index (χ1) is 16.5. The first kappa shape index (κ1) is 21.8. The summed E-state index contributed by atoms with van der Waals surface area (Å²) in [7, 11) is 0. The molecule has 0 unspecified atom stereocenters. The van der Waals surface area contributed by atoms with Gasteiger partial charge in [-0.3, -0.25) is 14.2 Å². The van der Waals surface area contributed by atoms with E-state index in [1.165, 1.54) is 6.07 Å². The topological polar surface area (TPSA) is 58.4 Å². The molecule has 1 aromatic heterocycles. The Labute approximate surface area is 194 Å². The van der Waals surface area contributed by atoms with Crippen LogP contribution in [0.3, 0.4) is 0 Å². The molecule has 0 aliphatic carbocycles. The Balaban J connectivity index is 1.41. The molecule has 0 saturated carbocycles. The number of fused-ring (bicyclic) bond motifs is 1. The van der Waals surface area contributed by atoms with Crippen molar-refractivity contribution in [3.05, 3.63) is 106 Å². The maximum atomic E-state index is 13.6. The average molecular weight is 460 g/mol. The normalized spacial score (nSPS) is 13.9. The van der Waals surface area contributed by atoms with E-state index in [0.717, 1.165) is 23.2 Å². The van der Waals surface area contributed by atoms with Crippen LogP contribution in [0.25, 0.3) is 11.0 Å². The molecule has 0 bridgehead atoms. The Morgan fingerprint density at radius 2 is 1.56 bits per heavy atom. The fraction of sp³-hybridized carbons (Fsp3) is 0.192. The molecule has 2 heterocycles. The van der Waals surface area contributed by atoms with E-state index < -0.39 is 11.6 Å². The highest BCUT2D eigenvalue weighted by molar-refractivity contribution is 5.94. The molecule has 1 fully saturated rings. The van der Waals surface area contributed by atoms with E-state index >= 15 is 0 Å². The fourth-order valence-corrected chi connectivity index (χ4v) is 4.24. The molecule has 1 aliphatic heterocycles. The summed E-state index contributed by atoms with van der Waals surface area (Å²) in [5, 5.41) is 0. The molecule has 1 amide bonds. The number of anilines is 1. The minimum atomic E-state index is -1.05. The van der Waals surface area contributed by atoms with Crippen LogP contribution in [0.1, 0.15) is 15.9 Å². The van der Waals surface area contributed by atoms with E-state index in [4.69, 9.17) is 0 Å². The van der Waals surface area contributed by atoms with Gasteiger partial charge < -0.3 is 9.80 Å². The third-order valence-electron chi connectivity index (χ3n) is 6.05. The number of benzene rings is 3. The van der Waals surface area contributed by atoms with Crippen molar-refractivity contribution in [1.82, 2.24) is 14.5 Å².